The number of hydrogen-bond donors (Lipinski definition) is 1. The number of carbonyl (C=O) groups is 2. The van der Waals surface area contributed by atoms with Crippen molar-refractivity contribution in [2.24, 2.45) is 0 Å². The maximum absolute atomic E-state index is 13.1. The first-order chi connectivity index (χ1) is 17.2. The molecular weight excluding hydrogens is 456 g/mol. The molecule has 6 nitrogen and oxygen atoms in total. The van der Waals surface area contributed by atoms with Gasteiger partial charge in [-0.05, 0) is 46.5 Å². The normalized spacial score (nSPS) is 11.1. The largest absolute Gasteiger partial charge is 0.322 e. The first-order valence-corrected chi connectivity index (χ1v) is 11.9. The van der Waals surface area contributed by atoms with Crippen molar-refractivity contribution in [2.45, 2.75) is 0 Å². The van der Waals surface area contributed by atoms with Crippen molar-refractivity contribution in [3.05, 3.63) is 119 Å². The first kappa shape index (κ1) is 20.9. The van der Waals surface area contributed by atoms with E-state index in [1.807, 2.05) is 84.2 Å². The molecule has 7 heteroatoms. The van der Waals surface area contributed by atoms with E-state index in [0.717, 1.165) is 22.0 Å². The minimum absolute atomic E-state index is 0.101. The molecule has 0 unspecified atom stereocenters. The SMILES string of the molecule is O=C(Nc1cccc(-c2ccnc3c(C(=O)c4cccs4)cnn23)c1)c1cccc2ccccc12. The van der Waals surface area contributed by atoms with Gasteiger partial charge in [-0.15, -0.1) is 11.3 Å². The van der Waals surface area contributed by atoms with E-state index in [0.29, 0.717) is 27.3 Å². The van der Waals surface area contributed by atoms with E-state index in [4.69, 9.17) is 0 Å². The number of ketones is 1. The molecule has 0 fully saturated rings. The second kappa shape index (κ2) is 8.62. The third-order valence-corrected chi connectivity index (χ3v) is 6.71. The molecule has 0 aliphatic heterocycles. The number of amides is 1. The van der Waals surface area contributed by atoms with E-state index in [2.05, 4.69) is 15.4 Å². The molecule has 0 bridgehead atoms. The highest BCUT2D eigenvalue weighted by Gasteiger charge is 2.19. The second-order valence-electron chi connectivity index (χ2n) is 7.99. The number of benzene rings is 3. The fourth-order valence-electron chi connectivity index (χ4n) is 4.19. The zero-order valence-corrected chi connectivity index (χ0v) is 19.2. The lowest BCUT2D eigenvalue weighted by Crippen LogP contribution is -2.12. The van der Waals surface area contributed by atoms with E-state index in [1.54, 1.807) is 23.0 Å². The van der Waals surface area contributed by atoms with Crippen LogP contribution in [-0.4, -0.2) is 26.3 Å². The topological polar surface area (TPSA) is 76.4 Å². The van der Waals surface area contributed by atoms with Crippen LogP contribution < -0.4 is 5.32 Å². The van der Waals surface area contributed by atoms with Gasteiger partial charge in [-0.3, -0.25) is 9.59 Å². The number of carbonyl (C=O) groups excluding carboxylic acids is 2. The van der Waals surface area contributed by atoms with Crippen LogP contribution in [0.25, 0.3) is 27.7 Å². The van der Waals surface area contributed by atoms with Crippen molar-refractivity contribution in [3.8, 4) is 11.3 Å². The van der Waals surface area contributed by atoms with Gasteiger partial charge in [-0.1, -0.05) is 54.6 Å². The number of hydrogen-bond acceptors (Lipinski definition) is 5. The Kier molecular flexibility index (Phi) is 5.16. The van der Waals surface area contributed by atoms with Crippen LogP contribution >= 0.6 is 11.3 Å². The highest BCUT2D eigenvalue weighted by Crippen LogP contribution is 2.26. The standard InChI is InChI=1S/C28H18N4O2S/c33-26(25-12-5-15-35-25)23-17-30-32-24(13-14-29-27(23)32)19-8-3-9-20(16-19)31-28(34)22-11-4-7-18-6-1-2-10-21(18)22/h1-17H,(H,31,34). The fraction of sp³-hybridized carbons (Fsp3) is 0. The molecule has 3 heterocycles. The lowest BCUT2D eigenvalue weighted by atomic mass is 10.0. The summed E-state index contributed by atoms with van der Waals surface area (Å²) in [4.78, 5) is 31.1. The van der Waals surface area contributed by atoms with Gasteiger partial charge in [0, 0.05) is 23.0 Å². The Morgan fingerprint density at radius 3 is 2.60 bits per heavy atom. The van der Waals surface area contributed by atoms with Gasteiger partial charge in [0.25, 0.3) is 5.91 Å². The lowest BCUT2D eigenvalue weighted by molar-refractivity contribution is 0.102. The molecule has 1 N–H and O–H groups in total. The smallest absolute Gasteiger partial charge is 0.256 e. The maximum Gasteiger partial charge on any atom is 0.256 e. The van der Waals surface area contributed by atoms with E-state index in [1.165, 1.54) is 11.3 Å². The average molecular weight is 475 g/mol. The monoisotopic (exact) mass is 474 g/mol. The van der Waals surface area contributed by atoms with Crippen LogP contribution in [0.1, 0.15) is 25.6 Å². The number of nitrogens with one attached hydrogen (secondary N) is 1. The Bertz CT molecular complexity index is 1720. The molecule has 0 saturated carbocycles. The second-order valence-corrected chi connectivity index (χ2v) is 8.94. The number of aromatic nitrogens is 3. The van der Waals surface area contributed by atoms with Gasteiger partial charge >= 0.3 is 0 Å². The molecule has 0 aliphatic carbocycles. The van der Waals surface area contributed by atoms with Crippen LogP contribution in [0.4, 0.5) is 5.69 Å². The van der Waals surface area contributed by atoms with Gasteiger partial charge in [0.1, 0.15) is 0 Å². The average Bonchev–Trinajstić information content (AvgIpc) is 3.59. The molecule has 0 aliphatic rings. The van der Waals surface area contributed by atoms with E-state index in [9.17, 15) is 9.59 Å². The summed E-state index contributed by atoms with van der Waals surface area (Å²) in [5.74, 6) is -0.280. The van der Waals surface area contributed by atoms with Crippen molar-refractivity contribution in [3.63, 3.8) is 0 Å². The predicted molar refractivity (Wildman–Crippen MR) is 138 cm³/mol. The van der Waals surface area contributed by atoms with Gasteiger partial charge in [0.05, 0.1) is 22.3 Å². The van der Waals surface area contributed by atoms with Crippen molar-refractivity contribution in [1.82, 2.24) is 14.6 Å². The van der Waals surface area contributed by atoms with Crippen LogP contribution in [0, 0.1) is 0 Å². The Morgan fingerprint density at radius 1 is 0.857 bits per heavy atom. The highest BCUT2D eigenvalue weighted by atomic mass is 32.1. The summed E-state index contributed by atoms with van der Waals surface area (Å²) >= 11 is 1.39. The minimum Gasteiger partial charge on any atom is -0.322 e. The van der Waals surface area contributed by atoms with Gasteiger partial charge < -0.3 is 5.32 Å². The summed E-state index contributed by atoms with van der Waals surface area (Å²) < 4.78 is 1.66. The van der Waals surface area contributed by atoms with Crippen LogP contribution in [0.2, 0.25) is 0 Å². The summed E-state index contributed by atoms with van der Waals surface area (Å²) in [7, 11) is 0. The third kappa shape index (κ3) is 3.78. The van der Waals surface area contributed by atoms with Crippen molar-refractivity contribution in [1.29, 1.82) is 0 Å². The highest BCUT2D eigenvalue weighted by molar-refractivity contribution is 7.12. The van der Waals surface area contributed by atoms with E-state index in [-0.39, 0.29) is 11.7 Å². The molecule has 6 aromatic rings. The summed E-state index contributed by atoms with van der Waals surface area (Å²) in [6.45, 7) is 0. The van der Waals surface area contributed by atoms with Crippen LogP contribution in [0.3, 0.4) is 0 Å². The number of nitrogens with zero attached hydrogens (tertiary/aromatic N) is 3. The maximum atomic E-state index is 13.1. The number of thiophene rings is 1. The molecule has 6 rings (SSSR count). The molecule has 0 spiro atoms. The summed E-state index contributed by atoms with van der Waals surface area (Å²) in [5, 5.41) is 11.2. The number of rotatable bonds is 5. The zero-order valence-electron chi connectivity index (χ0n) is 18.4. The summed E-state index contributed by atoms with van der Waals surface area (Å²) in [5.41, 5.74) is 3.82. The fourth-order valence-corrected chi connectivity index (χ4v) is 4.87. The van der Waals surface area contributed by atoms with Gasteiger partial charge in [0.15, 0.2) is 5.65 Å². The molecular formula is C28H18N4O2S. The van der Waals surface area contributed by atoms with Crippen molar-refractivity contribution in [2.75, 3.05) is 5.32 Å². The molecule has 1 amide bonds. The molecule has 3 aromatic carbocycles. The lowest BCUT2D eigenvalue weighted by Gasteiger charge is -2.10. The Balaban J connectivity index is 1.34. The Labute approximate surface area is 204 Å². The minimum atomic E-state index is -0.179. The Hall–Kier alpha value is -4.62. The van der Waals surface area contributed by atoms with Crippen LogP contribution in [0.5, 0.6) is 0 Å². The molecule has 3 aromatic heterocycles. The number of fused-ring (bicyclic) bond motifs is 2. The Morgan fingerprint density at radius 2 is 1.71 bits per heavy atom. The molecule has 35 heavy (non-hydrogen) atoms. The van der Waals surface area contributed by atoms with Crippen LogP contribution in [-0.2, 0) is 0 Å². The van der Waals surface area contributed by atoms with E-state index < -0.39 is 0 Å². The third-order valence-electron chi connectivity index (χ3n) is 5.84. The number of anilines is 1. The van der Waals surface area contributed by atoms with Crippen molar-refractivity contribution < 1.29 is 9.59 Å². The summed E-state index contributed by atoms with van der Waals surface area (Å²) in [6, 6.07) is 26.5. The molecule has 168 valence electrons. The van der Waals surface area contributed by atoms with E-state index >= 15 is 0 Å². The first-order valence-electron chi connectivity index (χ1n) is 11.0. The van der Waals surface area contributed by atoms with Crippen LogP contribution in [0.15, 0.2) is 103 Å². The molecule has 0 atom stereocenters. The molecule has 0 radical (unpaired) electrons. The quantitative estimate of drug-likeness (QED) is 0.307. The zero-order chi connectivity index (χ0) is 23.8. The van der Waals surface area contributed by atoms with Gasteiger partial charge in [0.2, 0.25) is 5.78 Å². The molecule has 0 saturated heterocycles. The van der Waals surface area contributed by atoms with Crippen molar-refractivity contribution >= 4 is 45.1 Å². The van der Waals surface area contributed by atoms with Gasteiger partial charge in [-0.25, -0.2) is 9.50 Å². The summed E-state index contributed by atoms with van der Waals surface area (Å²) in [6.07, 6.45) is 3.22. The van der Waals surface area contributed by atoms with Gasteiger partial charge in [-0.2, -0.15) is 5.10 Å². The predicted octanol–water partition coefficient (Wildman–Crippen LogP) is 6.09.